The van der Waals surface area contributed by atoms with Crippen LogP contribution in [0.15, 0.2) is 156 Å². The van der Waals surface area contributed by atoms with Crippen LogP contribution in [0.25, 0.3) is 67.4 Å². The highest BCUT2D eigenvalue weighted by Gasteiger charge is 2.37. The Balaban J connectivity index is 1.18. The summed E-state index contributed by atoms with van der Waals surface area (Å²) in [5, 5.41) is 6.43. The van der Waals surface area contributed by atoms with E-state index in [9.17, 15) is 0 Å². The van der Waals surface area contributed by atoms with Gasteiger partial charge in [-0.05, 0) is 83.5 Å². The van der Waals surface area contributed by atoms with Gasteiger partial charge in [0.25, 0.3) is 0 Å². The molecule has 0 fully saturated rings. The molecule has 6 aromatic carbocycles. The van der Waals surface area contributed by atoms with Gasteiger partial charge in [0.2, 0.25) is 0 Å². The van der Waals surface area contributed by atoms with Gasteiger partial charge in [-0.1, -0.05) is 142 Å². The number of aromatic nitrogens is 2. The minimum absolute atomic E-state index is 0.0103. The number of amidine groups is 1. The molecule has 1 aliphatic heterocycles. The third-order valence-electron chi connectivity index (χ3n) is 12.4. The van der Waals surface area contributed by atoms with Gasteiger partial charge in [0.15, 0.2) is 5.84 Å². The van der Waals surface area contributed by atoms with Crippen molar-refractivity contribution in [1.29, 1.82) is 0 Å². The minimum Gasteiger partial charge on any atom is -0.310 e. The van der Waals surface area contributed by atoms with Crippen molar-refractivity contribution in [2.24, 2.45) is 15.9 Å². The van der Waals surface area contributed by atoms with Crippen LogP contribution in [0, 0.1) is 5.92 Å². The lowest BCUT2D eigenvalue weighted by Gasteiger charge is -2.21. The van der Waals surface area contributed by atoms with Crippen LogP contribution >= 0.6 is 0 Å². The Bertz CT molecular complexity index is 3150. The third kappa shape index (κ3) is 4.78. The maximum Gasteiger partial charge on any atom is 0.161 e. The van der Waals surface area contributed by atoms with Gasteiger partial charge in [0.1, 0.15) is 5.84 Å². The predicted octanol–water partition coefficient (Wildman–Crippen LogP) is 11.2. The smallest absolute Gasteiger partial charge is 0.161 e. The van der Waals surface area contributed by atoms with Crippen LogP contribution in [0.3, 0.4) is 0 Å². The Kier molecular flexibility index (Phi) is 7.34. The van der Waals surface area contributed by atoms with E-state index in [1.807, 2.05) is 0 Å². The van der Waals surface area contributed by atoms with Crippen molar-refractivity contribution >= 4 is 62.2 Å². The largest absolute Gasteiger partial charge is 0.310 e. The van der Waals surface area contributed by atoms with Crippen molar-refractivity contribution in [3.63, 3.8) is 0 Å². The van der Waals surface area contributed by atoms with Crippen molar-refractivity contribution in [2.75, 3.05) is 0 Å². The van der Waals surface area contributed by atoms with Gasteiger partial charge in [-0.3, -0.25) is 4.57 Å². The molecule has 8 aromatic rings. The lowest BCUT2D eigenvalue weighted by molar-refractivity contribution is 0.661. The molecule has 2 aliphatic carbocycles. The SMILES string of the molecule is CCC1C=C(c2ccccc2)N=C(c2cccc(-n3c4c(c5ccccc53)=CCCC=4)c2)N=C1n1c2ccccc2c2c3c(ccc21)C(C)(C)c1ccccc1-3. The van der Waals surface area contributed by atoms with Crippen molar-refractivity contribution < 1.29 is 0 Å². The van der Waals surface area contributed by atoms with E-state index < -0.39 is 0 Å². The Morgan fingerprint density at radius 1 is 0.625 bits per heavy atom. The molecule has 11 rings (SSSR count). The van der Waals surface area contributed by atoms with Gasteiger partial charge in [0, 0.05) is 49.3 Å². The first-order chi connectivity index (χ1) is 27.5. The molecule has 270 valence electrons. The van der Waals surface area contributed by atoms with Crippen molar-refractivity contribution in [3.05, 3.63) is 178 Å². The zero-order valence-corrected chi connectivity index (χ0v) is 32.0. The molecule has 0 N–H and O–H groups in total. The van der Waals surface area contributed by atoms with E-state index in [1.54, 1.807) is 0 Å². The number of nitrogens with zero attached hydrogens (tertiary/aromatic N) is 4. The number of aliphatic imine (C=N–C) groups is 2. The average Bonchev–Trinajstić information content (AvgIpc) is 3.78. The maximum atomic E-state index is 5.71. The van der Waals surface area contributed by atoms with Gasteiger partial charge < -0.3 is 4.57 Å². The molecule has 4 heteroatoms. The molecule has 0 radical (unpaired) electrons. The zero-order valence-electron chi connectivity index (χ0n) is 32.0. The summed E-state index contributed by atoms with van der Waals surface area (Å²) in [6, 6.07) is 50.8. The van der Waals surface area contributed by atoms with Gasteiger partial charge >= 0.3 is 0 Å². The van der Waals surface area contributed by atoms with Crippen molar-refractivity contribution in [2.45, 2.75) is 45.4 Å². The van der Waals surface area contributed by atoms with Crippen LogP contribution in [0.5, 0.6) is 0 Å². The fourth-order valence-electron chi connectivity index (χ4n) is 9.76. The number of hydrogen-bond donors (Lipinski definition) is 0. The first kappa shape index (κ1) is 32.9. The lowest BCUT2D eigenvalue weighted by Crippen LogP contribution is -2.30. The van der Waals surface area contributed by atoms with Crippen LogP contribution in [-0.2, 0) is 5.41 Å². The van der Waals surface area contributed by atoms with Crippen LogP contribution < -0.4 is 10.6 Å². The van der Waals surface area contributed by atoms with Crippen LogP contribution in [0.2, 0.25) is 0 Å². The number of allylic oxidation sites excluding steroid dienone is 1. The van der Waals surface area contributed by atoms with E-state index in [1.165, 1.54) is 60.0 Å². The Labute approximate surface area is 326 Å². The van der Waals surface area contributed by atoms with E-state index in [0.717, 1.165) is 53.1 Å². The van der Waals surface area contributed by atoms with Crippen molar-refractivity contribution in [3.8, 4) is 16.8 Å². The summed E-state index contributed by atoms with van der Waals surface area (Å²) in [5.41, 5.74) is 13.0. The Morgan fingerprint density at radius 3 is 2.18 bits per heavy atom. The zero-order chi connectivity index (χ0) is 37.5. The standard InChI is InChI=1S/C52H42N4/c1-4-33-32-43(34-17-6-5-7-18-34)53-50(35-19-16-20-36(31-35)55-44-26-13-9-21-37(44)38-22-10-14-27-45(38)55)54-51(33)56-46-28-15-11-24-40(46)49-47(56)30-29-42-48(49)39-23-8-12-25-41(39)52(42,2)3/h5-9,11-13,15-33H,4,10,14H2,1-3H3. The van der Waals surface area contributed by atoms with E-state index in [0.29, 0.717) is 5.84 Å². The molecule has 0 amide bonds. The first-order valence-corrected chi connectivity index (χ1v) is 20.0. The molecule has 0 bridgehead atoms. The molecule has 1 unspecified atom stereocenters. The minimum atomic E-state index is -0.0899. The quantitative estimate of drug-likeness (QED) is 0.173. The lowest BCUT2D eigenvalue weighted by atomic mass is 9.82. The van der Waals surface area contributed by atoms with E-state index in [4.69, 9.17) is 9.98 Å². The second-order valence-corrected chi connectivity index (χ2v) is 15.9. The summed E-state index contributed by atoms with van der Waals surface area (Å²) in [6.07, 6.45) is 10.1. The molecular weight excluding hydrogens is 681 g/mol. The third-order valence-corrected chi connectivity index (χ3v) is 12.4. The summed E-state index contributed by atoms with van der Waals surface area (Å²) >= 11 is 0. The number of para-hydroxylation sites is 2. The topological polar surface area (TPSA) is 34.6 Å². The van der Waals surface area contributed by atoms with E-state index >= 15 is 0 Å². The Hall–Kier alpha value is -6.52. The fourth-order valence-corrected chi connectivity index (χ4v) is 9.76. The van der Waals surface area contributed by atoms with Gasteiger partial charge in [0.05, 0.1) is 22.2 Å². The highest BCUT2D eigenvalue weighted by atomic mass is 15.1. The molecule has 1 atom stereocenters. The summed E-state index contributed by atoms with van der Waals surface area (Å²) in [7, 11) is 0. The molecule has 2 aromatic heterocycles. The second kappa shape index (κ2) is 12.5. The molecule has 4 nitrogen and oxygen atoms in total. The average molecular weight is 723 g/mol. The number of fused-ring (bicyclic) bond motifs is 10. The van der Waals surface area contributed by atoms with E-state index in [-0.39, 0.29) is 11.3 Å². The summed E-state index contributed by atoms with van der Waals surface area (Å²) < 4.78 is 4.86. The second-order valence-electron chi connectivity index (χ2n) is 15.9. The number of rotatable bonds is 4. The van der Waals surface area contributed by atoms with Crippen LogP contribution in [0.4, 0.5) is 0 Å². The monoisotopic (exact) mass is 722 g/mol. The summed E-state index contributed by atoms with van der Waals surface area (Å²) in [6.45, 7) is 6.99. The Morgan fingerprint density at radius 2 is 1.34 bits per heavy atom. The number of benzene rings is 6. The molecular formula is C52H42N4. The van der Waals surface area contributed by atoms with Gasteiger partial charge in [-0.15, -0.1) is 0 Å². The fraction of sp³-hybridized carbons (Fsp3) is 0.154. The molecule has 0 saturated heterocycles. The normalized spacial score (nSPS) is 17.0. The highest BCUT2D eigenvalue weighted by molar-refractivity contribution is 6.23. The molecule has 56 heavy (non-hydrogen) atoms. The van der Waals surface area contributed by atoms with Gasteiger partial charge in [-0.2, -0.15) is 0 Å². The number of hydrogen-bond acceptors (Lipinski definition) is 2. The highest BCUT2D eigenvalue weighted by Crippen LogP contribution is 2.53. The van der Waals surface area contributed by atoms with Crippen LogP contribution in [-0.4, -0.2) is 20.8 Å². The molecule has 0 saturated carbocycles. The van der Waals surface area contributed by atoms with Gasteiger partial charge in [-0.25, -0.2) is 9.98 Å². The summed E-state index contributed by atoms with van der Waals surface area (Å²) in [5.74, 6) is 1.72. The first-order valence-electron chi connectivity index (χ1n) is 20.0. The molecule has 0 spiro atoms. The summed E-state index contributed by atoms with van der Waals surface area (Å²) in [4.78, 5) is 11.2. The molecule has 3 aliphatic rings. The van der Waals surface area contributed by atoms with Crippen LogP contribution in [0.1, 0.15) is 62.3 Å². The van der Waals surface area contributed by atoms with E-state index in [2.05, 4.69) is 188 Å². The molecule has 3 heterocycles. The maximum absolute atomic E-state index is 5.71. The van der Waals surface area contributed by atoms with Crippen molar-refractivity contribution in [1.82, 2.24) is 9.13 Å². The predicted molar refractivity (Wildman–Crippen MR) is 235 cm³/mol.